The molecular weight excluding hydrogens is 365 g/mol. The maximum atomic E-state index is 9.85. The highest BCUT2D eigenvalue weighted by Gasteiger charge is 2.04. The molecule has 0 radical (unpaired) electrons. The van der Waals surface area contributed by atoms with E-state index in [1.54, 1.807) is 0 Å². The van der Waals surface area contributed by atoms with Crippen molar-refractivity contribution < 1.29 is 9.84 Å². The van der Waals surface area contributed by atoms with Crippen molar-refractivity contribution >= 4 is 28.3 Å². The highest BCUT2D eigenvalue weighted by atomic mass is 127. The second kappa shape index (κ2) is 8.24. The van der Waals surface area contributed by atoms with Crippen LogP contribution in [0, 0.1) is 3.57 Å². The molecule has 1 unspecified atom stereocenters. The Bertz CT molecular complexity index is 502. The Balaban J connectivity index is 1.65. The van der Waals surface area contributed by atoms with Gasteiger partial charge in [0.1, 0.15) is 0 Å². The van der Waals surface area contributed by atoms with Crippen molar-refractivity contribution in [2.45, 2.75) is 12.7 Å². The number of aliphatic hydroxyl groups is 1. The first kappa shape index (κ1) is 15.3. The van der Waals surface area contributed by atoms with Gasteiger partial charge in [0.2, 0.25) is 0 Å². The maximum Gasteiger partial charge on any atom is 0.0945 e. The number of nitrogens with one attached hydrogen (secondary N) is 1. The van der Waals surface area contributed by atoms with Crippen LogP contribution < -0.4 is 5.32 Å². The summed E-state index contributed by atoms with van der Waals surface area (Å²) in [5.74, 6) is 0. The Morgan fingerprint density at radius 3 is 2.45 bits per heavy atom. The van der Waals surface area contributed by atoms with Gasteiger partial charge in [-0.25, -0.2) is 0 Å². The number of ether oxygens (including phenoxy) is 1. The number of anilines is 1. The minimum atomic E-state index is -0.516. The van der Waals surface area contributed by atoms with Crippen LogP contribution in [0.3, 0.4) is 0 Å². The summed E-state index contributed by atoms with van der Waals surface area (Å²) in [4.78, 5) is 0. The third-order valence-electron chi connectivity index (χ3n) is 2.81. The zero-order valence-corrected chi connectivity index (χ0v) is 13.3. The summed E-state index contributed by atoms with van der Waals surface area (Å²) in [6.45, 7) is 1.34. The van der Waals surface area contributed by atoms with Crippen LogP contribution in [0.5, 0.6) is 0 Å². The fourth-order valence-corrected chi connectivity index (χ4v) is 2.11. The highest BCUT2D eigenvalue weighted by Crippen LogP contribution is 2.11. The number of benzene rings is 2. The van der Waals surface area contributed by atoms with Gasteiger partial charge in [-0.15, -0.1) is 0 Å². The van der Waals surface area contributed by atoms with E-state index in [9.17, 15) is 5.11 Å². The van der Waals surface area contributed by atoms with Gasteiger partial charge in [0.05, 0.1) is 19.3 Å². The smallest absolute Gasteiger partial charge is 0.0945 e. The van der Waals surface area contributed by atoms with Crippen LogP contribution in [0.4, 0.5) is 5.69 Å². The summed E-state index contributed by atoms with van der Waals surface area (Å²) in [5.41, 5.74) is 2.12. The monoisotopic (exact) mass is 383 g/mol. The molecule has 3 nitrogen and oxygen atoms in total. The quantitative estimate of drug-likeness (QED) is 0.722. The normalized spacial score (nSPS) is 12.1. The Morgan fingerprint density at radius 2 is 1.75 bits per heavy atom. The van der Waals surface area contributed by atoms with Gasteiger partial charge in [-0.1, -0.05) is 30.3 Å². The van der Waals surface area contributed by atoms with Crippen molar-refractivity contribution in [2.75, 3.05) is 18.5 Å². The van der Waals surface area contributed by atoms with E-state index in [4.69, 9.17) is 4.74 Å². The van der Waals surface area contributed by atoms with E-state index in [0.29, 0.717) is 19.8 Å². The van der Waals surface area contributed by atoms with Crippen molar-refractivity contribution in [2.24, 2.45) is 0 Å². The van der Waals surface area contributed by atoms with E-state index in [0.717, 1.165) is 11.3 Å². The number of hydrogen-bond donors (Lipinski definition) is 2. The fourth-order valence-electron chi connectivity index (χ4n) is 1.75. The summed E-state index contributed by atoms with van der Waals surface area (Å²) >= 11 is 2.26. The lowest BCUT2D eigenvalue weighted by Crippen LogP contribution is -2.24. The molecule has 2 rings (SSSR count). The molecule has 2 N–H and O–H groups in total. The number of hydrogen-bond acceptors (Lipinski definition) is 3. The van der Waals surface area contributed by atoms with Gasteiger partial charge < -0.3 is 15.2 Å². The molecule has 0 spiro atoms. The SMILES string of the molecule is OC(CNc1ccc(I)cc1)COCc1ccccc1. The van der Waals surface area contributed by atoms with Crippen LogP contribution >= 0.6 is 22.6 Å². The predicted molar refractivity (Wildman–Crippen MR) is 89.8 cm³/mol. The first-order valence-corrected chi connectivity index (χ1v) is 7.61. The average Bonchev–Trinajstić information content (AvgIpc) is 2.48. The van der Waals surface area contributed by atoms with Crippen molar-refractivity contribution in [3.05, 3.63) is 63.7 Å². The predicted octanol–water partition coefficient (Wildman–Crippen LogP) is 3.28. The van der Waals surface area contributed by atoms with Gasteiger partial charge in [0, 0.05) is 15.8 Å². The van der Waals surface area contributed by atoms with Crippen molar-refractivity contribution in [3.63, 3.8) is 0 Å². The minimum Gasteiger partial charge on any atom is -0.389 e. The van der Waals surface area contributed by atoms with Crippen LogP contribution in [0.2, 0.25) is 0 Å². The van der Waals surface area contributed by atoms with E-state index in [1.165, 1.54) is 3.57 Å². The van der Waals surface area contributed by atoms with E-state index < -0.39 is 6.10 Å². The number of halogens is 1. The summed E-state index contributed by atoms with van der Waals surface area (Å²) in [6, 6.07) is 18.0. The molecule has 20 heavy (non-hydrogen) atoms. The van der Waals surface area contributed by atoms with E-state index in [2.05, 4.69) is 27.9 Å². The molecule has 2 aromatic carbocycles. The Hall–Kier alpha value is -1.11. The molecule has 0 aliphatic carbocycles. The molecule has 1 atom stereocenters. The van der Waals surface area contributed by atoms with Gasteiger partial charge in [0.25, 0.3) is 0 Å². The zero-order chi connectivity index (χ0) is 14.2. The van der Waals surface area contributed by atoms with Crippen LogP contribution in [-0.4, -0.2) is 24.4 Å². The molecule has 0 saturated carbocycles. The molecule has 0 amide bonds. The van der Waals surface area contributed by atoms with E-state index in [-0.39, 0.29) is 0 Å². The number of aliphatic hydroxyl groups excluding tert-OH is 1. The minimum absolute atomic E-state index is 0.326. The Kier molecular flexibility index (Phi) is 6.29. The standard InChI is InChI=1S/C16H18INO2/c17-14-6-8-15(9-7-14)18-10-16(19)12-20-11-13-4-2-1-3-5-13/h1-9,16,18-19H,10-12H2. The highest BCUT2D eigenvalue weighted by molar-refractivity contribution is 14.1. The Labute approximate surface area is 133 Å². The van der Waals surface area contributed by atoms with Crippen molar-refractivity contribution in [3.8, 4) is 0 Å². The second-order valence-corrected chi connectivity index (χ2v) is 5.79. The lowest BCUT2D eigenvalue weighted by Gasteiger charge is -2.13. The third kappa shape index (κ3) is 5.48. The molecule has 0 heterocycles. The molecule has 0 aromatic heterocycles. The molecule has 4 heteroatoms. The maximum absolute atomic E-state index is 9.85. The molecule has 0 bridgehead atoms. The molecular formula is C16H18INO2. The first-order valence-electron chi connectivity index (χ1n) is 6.53. The molecule has 2 aromatic rings. The van der Waals surface area contributed by atoms with Crippen LogP contribution in [0.25, 0.3) is 0 Å². The van der Waals surface area contributed by atoms with Crippen molar-refractivity contribution in [1.82, 2.24) is 0 Å². The average molecular weight is 383 g/mol. The first-order chi connectivity index (χ1) is 9.74. The van der Waals surface area contributed by atoms with Crippen LogP contribution in [0.1, 0.15) is 5.56 Å². The van der Waals surface area contributed by atoms with Gasteiger partial charge in [-0.2, -0.15) is 0 Å². The van der Waals surface area contributed by atoms with Gasteiger partial charge in [-0.3, -0.25) is 0 Å². The molecule has 0 aliphatic heterocycles. The van der Waals surface area contributed by atoms with Crippen LogP contribution in [0.15, 0.2) is 54.6 Å². The van der Waals surface area contributed by atoms with Gasteiger partial charge in [-0.05, 0) is 52.4 Å². The summed E-state index contributed by atoms with van der Waals surface area (Å²) in [6.07, 6.45) is -0.516. The summed E-state index contributed by atoms with van der Waals surface area (Å²) in [5, 5.41) is 13.0. The largest absolute Gasteiger partial charge is 0.389 e. The molecule has 0 saturated heterocycles. The van der Waals surface area contributed by atoms with Gasteiger partial charge >= 0.3 is 0 Å². The van der Waals surface area contributed by atoms with E-state index >= 15 is 0 Å². The zero-order valence-electron chi connectivity index (χ0n) is 11.1. The second-order valence-electron chi connectivity index (χ2n) is 4.54. The van der Waals surface area contributed by atoms with Gasteiger partial charge in [0.15, 0.2) is 0 Å². The fraction of sp³-hybridized carbons (Fsp3) is 0.250. The molecule has 0 fully saturated rings. The van der Waals surface area contributed by atoms with Crippen LogP contribution in [-0.2, 0) is 11.3 Å². The molecule has 0 aliphatic rings. The van der Waals surface area contributed by atoms with E-state index in [1.807, 2.05) is 54.6 Å². The van der Waals surface area contributed by atoms with Crippen molar-refractivity contribution in [1.29, 1.82) is 0 Å². The number of rotatable bonds is 7. The lowest BCUT2D eigenvalue weighted by atomic mass is 10.2. The molecule has 106 valence electrons. The summed E-state index contributed by atoms with van der Waals surface area (Å²) in [7, 11) is 0. The lowest BCUT2D eigenvalue weighted by molar-refractivity contribution is 0.0348. The Morgan fingerprint density at radius 1 is 1.05 bits per heavy atom. The summed E-state index contributed by atoms with van der Waals surface area (Å²) < 4.78 is 6.69. The third-order valence-corrected chi connectivity index (χ3v) is 3.53. The topological polar surface area (TPSA) is 41.5 Å².